The molecular formula is C29H25F6N3O4. The Bertz CT molecular complexity index is 1630. The van der Waals surface area contributed by atoms with Crippen molar-refractivity contribution in [2.75, 3.05) is 0 Å². The van der Waals surface area contributed by atoms with Gasteiger partial charge in [-0.1, -0.05) is 54.6 Å². The standard InChI is InChI=1S/C29H25F6N3O4/c1-26(2,3)42-25(40)37-22(17-9-5-4-6-10-17)23-36-21-12-8-7-11-20(21)24(39)38(23)19-15-13-18(14-16-19)27(41,28(30,31)32)29(33,34)35/h4-16,22,41H,1-3H3,(H,37,40). The van der Waals surface area contributed by atoms with E-state index in [0.29, 0.717) is 17.7 Å². The summed E-state index contributed by atoms with van der Waals surface area (Å²) in [5.74, 6) is -0.106. The highest BCUT2D eigenvalue weighted by Crippen LogP contribution is 2.50. The number of amides is 1. The number of para-hydroxylation sites is 1. The van der Waals surface area contributed by atoms with Gasteiger partial charge in [0.25, 0.3) is 11.2 Å². The average Bonchev–Trinajstić information content (AvgIpc) is 2.89. The molecule has 0 radical (unpaired) electrons. The SMILES string of the molecule is CC(C)(C)OC(=O)NC(c1ccccc1)c1nc2ccccc2c(=O)n1-c1ccc(C(O)(C(F)(F)F)C(F)(F)F)cc1. The van der Waals surface area contributed by atoms with Gasteiger partial charge in [-0.3, -0.25) is 9.36 Å². The maximum Gasteiger partial charge on any atom is 0.430 e. The van der Waals surface area contributed by atoms with Crippen molar-refractivity contribution < 1.29 is 41.0 Å². The fraction of sp³-hybridized carbons (Fsp3) is 0.276. The summed E-state index contributed by atoms with van der Waals surface area (Å²) in [6.45, 7) is 4.91. The third-order valence-electron chi connectivity index (χ3n) is 6.22. The molecule has 0 saturated carbocycles. The van der Waals surface area contributed by atoms with Crippen molar-refractivity contribution in [1.29, 1.82) is 0 Å². The molecule has 1 aromatic heterocycles. The summed E-state index contributed by atoms with van der Waals surface area (Å²) >= 11 is 0. The molecule has 1 heterocycles. The van der Waals surface area contributed by atoms with Crippen LogP contribution in [0.15, 0.2) is 83.7 Å². The van der Waals surface area contributed by atoms with Crippen LogP contribution in [0.1, 0.15) is 43.8 Å². The van der Waals surface area contributed by atoms with E-state index in [2.05, 4.69) is 10.3 Å². The number of halogens is 6. The normalized spacial score (nSPS) is 13.6. The quantitative estimate of drug-likeness (QED) is 0.265. The van der Waals surface area contributed by atoms with E-state index in [1.165, 1.54) is 12.1 Å². The Hall–Kier alpha value is -4.39. The van der Waals surface area contributed by atoms with Gasteiger partial charge in [0.05, 0.1) is 16.6 Å². The number of nitrogens with one attached hydrogen (secondary N) is 1. The number of hydrogen-bond acceptors (Lipinski definition) is 5. The molecule has 1 atom stereocenters. The number of ether oxygens (including phenoxy) is 1. The maximum atomic E-state index is 13.8. The second-order valence-electron chi connectivity index (χ2n) is 10.4. The van der Waals surface area contributed by atoms with E-state index in [9.17, 15) is 41.0 Å². The number of alkyl carbamates (subject to hydrolysis) is 1. The predicted octanol–water partition coefficient (Wildman–Crippen LogP) is 6.31. The summed E-state index contributed by atoms with van der Waals surface area (Å²) in [5.41, 5.74) is -7.77. The van der Waals surface area contributed by atoms with E-state index in [0.717, 1.165) is 16.7 Å². The molecule has 3 aromatic carbocycles. The minimum absolute atomic E-state index is 0.0940. The Morgan fingerprint density at radius 3 is 1.95 bits per heavy atom. The molecule has 0 bridgehead atoms. The van der Waals surface area contributed by atoms with Crippen molar-refractivity contribution in [2.24, 2.45) is 0 Å². The summed E-state index contributed by atoms with van der Waals surface area (Å²) < 4.78 is 87.1. The Labute approximate surface area is 235 Å². The topological polar surface area (TPSA) is 93.5 Å². The van der Waals surface area contributed by atoms with Crippen LogP contribution in [0.25, 0.3) is 16.6 Å². The summed E-state index contributed by atoms with van der Waals surface area (Å²) in [5, 5.41) is 12.6. The number of rotatable bonds is 5. The van der Waals surface area contributed by atoms with Gasteiger partial charge >= 0.3 is 18.4 Å². The third-order valence-corrected chi connectivity index (χ3v) is 6.22. The first-order chi connectivity index (χ1) is 19.4. The first-order valence-electron chi connectivity index (χ1n) is 12.5. The number of fused-ring (bicyclic) bond motifs is 1. The molecule has 0 saturated heterocycles. The number of aromatic nitrogens is 2. The Morgan fingerprint density at radius 1 is 0.857 bits per heavy atom. The smallest absolute Gasteiger partial charge is 0.430 e. The first-order valence-corrected chi connectivity index (χ1v) is 12.5. The van der Waals surface area contributed by atoms with Crippen LogP contribution in [0.3, 0.4) is 0 Å². The number of nitrogens with zero attached hydrogens (tertiary/aromatic N) is 2. The summed E-state index contributed by atoms with van der Waals surface area (Å²) in [6, 6.07) is 15.8. The molecule has 1 unspecified atom stereocenters. The molecule has 4 aromatic rings. The fourth-order valence-electron chi connectivity index (χ4n) is 4.30. The van der Waals surface area contributed by atoms with E-state index < -0.39 is 46.8 Å². The Balaban J connectivity index is 1.96. The second kappa shape index (κ2) is 10.8. The molecule has 0 aliphatic carbocycles. The summed E-state index contributed by atoms with van der Waals surface area (Å²) in [4.78, 5) is 31.2. The van der Waals surface area contributed by atoms with Gasteiger partial charge in [0.1, 0.15) is 17.5 Å². The average molecular weight is 594 g/mol. The maximum absolute atomic E-state index is 13.8. The molecule has 0 aliphatic rings. The fourth-order valence-corrected chi connectivity index (χ4v) is 4.30. The van der Waals surface area contributed by atoms with Crippen LogP contribution in [-0.2, 0) is 10.3 Å². The molecular weight excluding hydrogens is 568 g/mol. The monoisotopic (exact) mass is 593 g/mol. The van der Waals surface area contributed by atoms with E-state index in [4.69, 9.17) is 4.74 Å². The molecule has 0 spiro atoms. The van der Waals surface area contributed by atoms with Crippen LogP contribution in [0, 0.1) is 0 Å². The number of aliphatic hydroxyl groups is 1. The highest BCUT2D eigenvalue weighted by Gasteiger charge is 2.71. The number of benzene rings is 3. The van der Waals surface area contributed by atoms with E-state index in [1.807, 2.05) is 0 Å². The number of hydrogen-bond donors (Lipinski definition) is 2. The highest BCUT2D eigenvalue weighted by molar-refractivity contribution is 5.78. The van der Waals surface area contributed by atoms with Crippen molar-refractivity contribution in [2.45, 2.75) is 50.4 Å². The van der Waals surface area contributed by atoms with Gasteiger partial charge in [-0.15, -0.1) is 0 Å². The van der Waals surface area contributed by atoms with E-state index in [1.54, 1.807) is 63.2 Å². The van der Waals surface area contributed by atoms with Crippen molar-refractivity contribution in [3.05, 3.63) is 106 Å². The third kappa shape index (κ3) is 5.82. The zero-order valence-electron chi connectivity index (χ0n) is 22.4. The second-order valence-corrected chi connectivity index (χ2v) is 10.4. The van der Waals surface area contributed by atoms with Crippen molar-refractivity contribution in [3.63, 3.8) is 0 Å². The van der Waals surface area contributed by atoms with Crippen LogP contribution in [-0.4, -0.2) is 38.7 Å². The number of carbonyl (C=O) groups is 1. The minimum atomic E-state index is -6.09. The molecule has 42 heavy (non-hydrogen) atoms. The predicted molar refractivity (Wildman–Crippen MR) is 141 cm³/mol. The van der Waals surface area contributed by atoms with Gasteiger partial charge < -0.3 is 15.2 Å². The van der Waals surface area contributed by atoms with Gasteiger partial charge in [0.2, 0.25) is 0 Å². The van der Waals surface area contributed by atoms with Crippen LogP contribution < -0.4 is 10.9 Å². The lowest BCUT2D eigenvalue weighted by atomic mass is 9.92. The zero-order valence-corrected chi connectivity index (χ0v) is 22.4. The van der Waals surface area contributed by atoms with E-state index in [-0.39, 0.29) is 22.4 Å². The van der Waals surface area contributed by atoms with Crippen molar-refractivity contribution in [1.82, 2.24) is 14.9 Å². The van der Waals surface area contributed by atoms with Crippen LogP contribution >= 0.6 is 0 Å². The van der Waals surface area contributed by atoms with Crippen LogP contribution in [0.4, 0.5) is 31.1 Å². The summed E-state index contributed by atoms with van der Waals surface area (Å²) in [6.07, 6.45) is -13.1. The molecule has 1 amide bonds. The van der Waals surface area contributed by atoms with Gasteiger partial charge in [0, 0.05) is 5.56 Å². The van der Waals surface area contributed by atoms with Crippen LogP contribution in [0.2, 0.25) is 0 Å². The summed E-state index contributed by atoms with van der Waals surface area (Å²) in [7, 11) is 0. The molecule has 222 valence electrons. The lowest BCUT2D eigenvalue weighted by molar-refractivity contribution is -0.376. The van der Waals surface area contributed by atoms with Crippen LogP contribution in [0.5, 0.6) is 0 Å². The van der Waals surface area contributed by atoms with Crippen molar-refractivity contribution in [3.8, 4) is 5.69 Å². The zero-order chi connectivity index (χ0) is 31.1. The largest absolute Gasteiger partial charge is 0.444 e. The lowest BCUT2D eigenvalue weighted by Gasteiger charge is -2.32. The van der Waals surface area contributed by atoms with Gasteiger partial charge in [-0.05, 0) is 50.6 Å². The minimum Gasteiger partial charge on any atom is -0.444 e. The number of alkyl halides is 6. The van der Waals surface area contributed by atoms with Gasteiger partial charge in [0.15, 0.2) is 0 Å². The molecule has 4 rings (SSSR count). The van der Waals surface area contributed by atoms with E-state index >= 15 is 0 Å². The molecule has 2 N–H and O–H groups in total. The Morgan fingerprint density at radius 2 is 1.40 bits per heavy atom. The van der Waals surface area contributed by atoms with Gasteiger partial charge in [-0.25, -0.2) is 9.78 Å². The molecule has 13 heteroatoms. The molecule has 0 fully saturated rings. The van der Waals surface area contributed by atoms with Crippen molar-refractivity contribution >= 4 is 17.0 Å². The molecule has 7 nitrogen and oxygen atoms in total. The first kappa shape index (κ1) is 30.6. The Kier molecular flexibility index (Phi) is 7.85. The molecule has 0 aliphatic heterocycles. The number of carbonyl (C=O) groups excluding carboxylic acids is 1. The lowest BCUT2D eigenvalue weighted by Crippen LogP contribution is -2.53. The highest BCUT2D eigenvalue weighted by atomic mass is 19.4. The van der Waals surface area contributed by atoms with Gasteiger partial charge in [-0.2, -0.15) is 26.3 Å².